The second-order valence-electron chi connectivity index (χ2n) is 4.05. The van der Waals surface area contributed by atoms with E-state index in [1.54, 1.807) is 0 Å². The molecule has 3 heteroatoms. The van der Waals surface area contributed by atoms with E-state index < -0.39 is 0 Å². The summed E-state index contributed by atoms with van der Waals surface area (Å²) < 4.78 is 4.63. The van der Waals surface area contributed by atoms with Crippen LogP contribution in [0.4, 0.5) is 0 Å². The van der Waals surface area contributed by atoms with E-state index in [0.717, 1.165) is 6.42 Å². The van der Waals surface area contributed by atoms with Crippen molar-refractivity contribution in [2.75, 3.05) is 7.11 Å². The SMILES string of the molecule is C/C=C\C[C@H]1CC(=O)C[C@@H]1CC(=O)OC. The van der Waals surface area contributed by atoms with Crippen molar-refractivity contribution in [3.05, 3.63) is 12.2 Å². The van der Waals surface area contributed by atoms with E-state index in [1.165, 1.54) is 7.11 Å². The minimum Gasteiger partial charge on any atom is -0.469 e. The van der Waals surface area contributed by atoms with Crippen LogP contribution in [0, 0.1) is 11.8 Å². The van der Waals surface area contributed by atoms with E-state index in [9.17, 15) is 9.59 Å². The third-order valence-electron chi connectivity index (χ3n) is 2.98. The molecule has 1 fully saturated rings. The molecule has 0 spiro atoms. The standard InChI is InChI=1S/C12H18O3/c1-3-4-5-9-6-11(13)7-10(9)8-12(14)15-2/h3-4,9-10H,5-8H2,1-2H3/b4-3-/t9-,10+/m0/s1. The molecule has 2 atom stereocenters. The molecule has 3 nitrogen and oxygen atoms in total. The highest BCUT2D eigenvalue weighted by Gasteiger charge is 2.33. The van der Waals surface area contributed by atoms with E-state index in [2.05, 4.69) is 10.8 Å². The molecule has 0 radical (unpaired) electrons. The van der Waals surface area contributed by atoms with Gasteiger partial charge < -0.3 is 4.74 Å². The Morgan fingerprint density at radius 3 is 2.73 bits per heavy atom. The first-order valence-electron chi connectivity index (χ1n) is 5.37. The van der Waals surface area contributed by atoms with Gasteiger partial charge in [-0.05, 0) is 25.2 Å². The molecule has 0 aromatic carbocycles. The summed E-state index contributed by atoms with van der Waals surface area (Å²) in [6.45, 7) is 1.96. The number of hydrogen-bond donors (Lipinski definition) is 0. The lowest BCUT2D eigenvalue weighted by atomic mass is 9.90. The highest BCUT2D eigenvalue weighted by molar-refractivity contribution is 5.82. The predicted molar refractivity (Wildman–Crippen MR) is 57.3 cm³/mol. The number of ketones is 1. The maximum Gasteiger partial charge on any atom is 0.305 e. The van der Waals surface area contributed by atoms with Crippen LogP contribution in [0.3, 0.4) is 0 Å². The molecule has 0 unspecified atom stereocenters. The number of ether oxygens (including phenoxy) is 1. The summed E-state index contributed by atoms with van der Waals surface area (Å²) in [5, 5.41) is 0. The van der Waals surface area contributed by atoms with Gasteiger partial charge in [0.05, 0.1) is 7.11 Å². The van der Waals surface area contributed by atoms with Crippen LogP contribution in [0.2, 0.25) is 0 Å². The largest absolute Gasteiger partial charge is 0.469 e. The second kappa shape index (κ2) is 5.69. The number of rotatable bonds is 4. The van der Waals surface area contributed by atoms with Gasteiger partial charge in [-0.1, -0.05) is 12.2 Å². The first-order chi connectivity index (χ1) is 7.17. The minimum atomic E-state index is -0.208. The maximum atomic E-state index is 11.3. The van der Waals surface area contributed by atoms with Crippen molar-refractivity contribution in [3.8, 4) is 0 Å². The fourth-order valence-electron chi connectivity index (χ4n) is 2.12. The number of hydrogen-bond acceptors (Lipinski definition) is 3. The summed E-state index contributed by atoms with van der Waals surface area (Å²) >= 11 is 0. The zero-order chi connectivity index (χ0) is 11.3. The van der Waals surface area contributed by atoms with Gasteiger partial charge in [0.25, 0.3) is 0 Å². The van der Waals surface area contributed by atoms with Crippen LogP contribution >= 0.6 is 0 Å². The monoisotopic (exact) mass is 210 g/mol. The Balaban J connectivity index is 2.52. The van der Waals surface area contributed by atoms with E-state index in [1.807, 2.05) is 13.0 Å². The van der Waals surface area contributed by atoms with Crippen molar-refractivity contribution in [1.82, 2.24) is 0 Å². The maximum absolute atomic E-state index is 11.3. The summed E-state index contributed by atoms with van der Waals surface area (Å²) in [4.78, 5) is 22.5. The molecule has 0 aromatic heterocycles. The molecule has 84 valence electrons. The molecule has 0 heterocycles. The Morgan fingerprint density at radius 1 is 1.47 bits per heavy atom. The summed E-state index contributed by atoms with van der Waals surface area (Å²) in [6.07, 6.45) is 6.48. The first kappa shape index (κ1) is 12.0. The molecule has 0 aromatic rings. The molecule has 1 aliphatic carbocycles. The van der Waals surface area contributed by atoms with E-state index in [-0.39, 0.29) is 17.7 Å². The summed E-state index contributed by atoms with van der Waals surface area (Å²) in [7, 11) is 1.39. The number of allylic oxidation sites excluding steroid dienone is 2. The van der Waals surface area contributed by atoms with Gasteiger partial charge in [0.2, 0.25) is 0 Å². The number of Topliss-reactive ketones (excluding diaryl/α,β-unsaturated/α-hetero) is 1. The molecule has 0 N–H and O–H groups in total. The molecule has 1 aliphatic rings. The van der Waals surface area contributed by atoms with Gasteiger partial charge in [-0.15, -0.1) is 0 Å². The minimum absolute atomic E-state index is 0.182. The highest BCUT2D eigenvalue weighted by atomic mass is 16.5. The number of carbonyl (C=O) groups is 2. The van der Waals surface area contributed by atoms with Gasteiger partial charge in [0.1, 0.15) is 5.78 Å². The lowest BCUT2D eigenvalue weighted by molar-refractivity contribution is -0.142. The second-order valence-corrected chi connectivity index (χ2v) is 4.05. The van der Waals surface area contributed by atoms with Gasteiger partial charge >= 0.3 is 5.97 Å². The van der Waals surface area contributed by atoms with E-state index in [4.69, 9.17) is 0 Å². The first-order valence-corrected chi connectivity index (χ1v) is 5.37. The lowest BCUT2D eigenvalue weighted by Crippen LogP contribution is -2.13. The Morgan fingerprint density at radius 2 is 2.13 bits per heavy atom. The zero-order valence-corrected chi connectivity index (χ0v) is 9.36. The lowest BCUT2D eigenvalue weighted by Gasteiger charge is -2.15. The molecule has 1 saturated carbocycles. The molecule has 0 amide bonds. The fraction of sp³-hybridized carbons (Fsp3) is 0.667. The average molecular weight is 210 g/mol. The normalized spacial score (nSPS) is 26.1. The smallest absolute Gasteiger partial charge is 0.305 e. The molecule has 0 aliphatic heterocycles. The summed E-state index contributed by atoms with van der Waals surface area (Å²) in [5.74, 6) is 0.576. The van der Waals surface area contributed by atoms with Gasteiger partial charge in [-0.3, -0.25) is 9.59 Å². The van der Waals surface area contributed by atoms with E-state index >= 15 is 0 Å². The van der Waals surface area contributed by atoms with Gasteiger partial charge in [0, 0.05) is 19.3 Å². The van der Waals surface area contributed by atoms with Crippen LogP contribution in [-0.4, -0.2) is 18.9 Å². The zero-order valence-electron chi connectivity index (χ0n) is 9.36. The van der Waals surface area contributed by atoms with E-state index in [0.29, 0.717) is 25.2 Å². The van der Waals surface area contributed by atoms with Gasteiger partial charge in [-0.2, -0.15) is 0 Å². The van der Waals surface area contributed by atoms with Crippen LogP contribution in [-0.2, 0) is 14.3 Å². The van der Waals surface area contributed by atoms with Crippen LogP contribution in [0.25, 0.3) is 0 Å². The molecule has 1 rings (SSSR count). The van der Waals surface area contributed by atoms with Crippen molar-refractivity contribution in [2.24, 2.45) is 11.8 Å². The average Bonchev–Trinajstić information content (AvgIpc) is 2.55. The number of esters is 1. The van der Waals surface area contributed by atoms with Crippen molar-refractivity contribution < 1.29 is 14.3 Å². The summed E-state index contributed by atoms with van der Waals surface area (Å²) in [6, 6.07) is 0. The summed E-state index contributed by atoms with van der Waals surface area (Å²) in [5.41, 5.74) is 0. The molecular weight excluding hydrogens is 192 g/mol. The number of methoxy groups -OCH3 is 1. The van der Waals surface area contributed by atoms with Gasteiger partial charge in [-0.25, -0.2) is 0 Å². The Hall–Kier alpha value is -1.12. The fourth-order valence-corrected chi connectivity index (χ4v) is 2.12. The quantitative estimate of drug-likeness (QED) is 0.527. The highest BCUT2D eigenvalue weighted by Crippen LogP contribution is 2.34. The third kappa shape index (κ3) is 3.50. The Labute approximate surface area is 90.5 Å². The molecule has 0 bridgehead atoms. The van der Waals surface area contributed by atoms with Crippen LogP contribution in [0.1, 0.15) is 32.6 Å². The van der Waals surface area contributed by atoms with Crippen molar-refractivity contribution in [3.63, 3.8) is 0 Å². The van der Waals surface area contributed by atoms with Crippen LogP contribution in [0.15, 0.2) is 12.2 Å². The van der Waals surface area contributed by atoms with Crippen LogP contribution in [0.5, 0.6) is 0 Å². The van der Waals surface area contributed by atoms with Crippen LogP contribution < -0.4 is 0 Å². The topological polar surface area (TPSA) is 43.4 Å². The van der Waals surface area contributed by atoms with Gasteiger partial charge in [0.15, 0.2) is 0 Å². The molecular formula is C12H18O3. The van der Waals surface area contributed by atoms with Crippen molar-refractivity contribution >= 4 is 11.8 Å². The Kier molecular flexibility index (Phi) is 4.53. The number of carbonyl (C=O) groups excluding carboxylic acids is 2. The third-order valence-corrected chi connectivity index (χ3v) is 2.98. The van der Waals surface area contributed by atoms with Crippen molar-refractivity contribution in [2.45, 2.75) is 32.6 Å². The molecule has 15 heavy (non-hydrogen) atoms. The van der Waals surface area contributed by atoms with Crippen molar-refractivity contribution in [1.29, 1.82) is 0 Å². The molecule has 0 saturated heterocycles. The Bertz CT molecular complexity index is 268. The predicted octanol–water partition coefficient (Wildman–Crippen LogP) is 2.11.